The molecule has 3 aliphatic rings. The van der Waals surface area contributed by atoms with Gasteiger partial charge >= 0.3 is 5.97 Å². The van der Waals surface area contributed by atoms with Crippen molar-refractivity contribution in [2.24, 2.45) is 0 Å². The summed E-state index contributed by atoms with van der Waals surface area (Å²) in [4.78, 5) is 17.0. The number of carbonyl (C=O) groups is 1. The topological polar surface area (TPSA) is 53.6 Å². The highest BCUT2D eigenvalue weighted by Gasteiger charge is 2.30. The SMILES string of the molecule is CN1CCN(Cc2cc3cccc4c3n2CCCn2c-4c(C3CCCCC3)c3ccc(C(=O)O)cc32)CC1. The summed E-state index contributed by atoms with van der Waals surface area (Å²) in [6.45, 7) is 7.41. The molecule has 1 saturated heterocycles. The van der Waals surface area contributed by atoms with Gasteiger partial charge in [-0.1, -0.05) is 43.5 Å². The lowest BCUT2D eigenvalue weighted by Crippen LogP contribution is -2.44. The van der Waals surface area contributed by atoms with Crippen molar-refractivity contribution >= 4 is 27.8 Å². The van der Waals surface area contributed by atoms with Gasteiger partial charge in [-0.05, 0) is 56.0 Å². The van der Waals surface area contributed by atoms with Gasteiger partial charge in [0.25, 0.3) is 0 Å². The minimum Gasteiger partial charge on any atom is -0.478 e. The highest BCUT2D eigenvalue weighted by molar-refractivity contribution is 6.02. The summed E-state index contributed by atoms with van der Waals surface area (Å²) >= 11 is 0. The molecule has 198 valence electrons. The van der Waals surface area contributed by atoms with Crippen LogP contribution < -0.4 is 0 Å². The van der Waals surface area contributed by atoms with Crippen molar-refractivity contribution in [1.82, 2.24) is 18.9 Å². The summed E-state index contributed by atoms with van der Waals surface area (Å²) in [6.07, 6.45) is 7.35. The number of likely N-dealkylation sites (N-methyl/N-ethyl adjacent to an activating group) is 1. The van der Waals surface area contributed by atoms with Gasteiger partial charge in [-0.25, -0.2) is 4.79 Å². The van der Waals surface area contributed by atoms with Crippen LogP contribution in [0.15, 0.2) is 42.5 Å². The molecule has 0 bridgehead atoms. The number of rotatable bonds is 4. The molecule has 0 amide bonds. The first-order valence-corrected chi connectivity index (χ1v) is 14.5. The monoisotopic (exact) mass is 510 g/mol. The van der Waals surface area contributed by atoms with E-state index in [2.05, 4.69) is 56.3 Å². The van der Waals surface area contributed by atoms with Gasteiger partial charge < -0.3 is 19.1 Å². The van der Waals surface area contributed by atoms with Crippen LogP contribution in [0, 0.1) is 0 Å². The maximum atomic E-state index is 11.9. The van der Waals surface area contributed by atoms with Crippen molar-refractivity contribution in [3.63, 3.8) is 0 Å². The zero-order valence-corrected chi connectivity index (χ0v) is 22.5. The Labute approximate surface area is 224 Å². The lowest BCUT2D eigenvalue weighted by molar-refractivity contribution is 0.0697. The van der Waals surface area contributed by atoms with Crippen LogP contribution in [0.2, 0.25) is 0 Å². The third-order valence-corrected chi connectivity index (χ3v) is 9.37. The zero-order valence-electron chi connectivity index (χ0n) is 22.5. The van der Waals surface area contributed by atoms with Crippen molar-refractivity contribution in [1.29, 1.82) is 0 Å². The number of nitrogens with zero attached hydrogens (tertiary/aromatic N) is 4. The summed E-state index contributed by atoms with van der Waals surface area (Å²) in [7, 11) is 2.22. The molecule has 6 nitrogen and oxygen atoms in total. The summed E-state index contributed by atoms with van der Waals surface area (Å²) in [5, 5.41) is 12.4. The lowest BCUT2D eigenvalue weighted by Gasteiger charge is -2.32. The molecule has 0 atom stereocenters. The predicted molar refractivity (Wildman–Crippen MR) is 153 cm³/mol. The van der Waals surface area contributed by atoms with Crippen LogP contribution in [0.1, 0.15) is 66.1 Å². The fourth-order valence-corrected chi connectivity index (χ4v) is 7.42. The standard InChI is InChI=1S/C32H38N4O2/c1-33-15-17-34(18-16-33)21-25-19-23-9-5-10-27-30(23)35(25)13-6-14-36-28-20-24(32(37)38)11-12-26(28)29(31(27)36)22-7-3-2-4-8-22/h5,9-12,19-20,22H,2-4,6-8,13-18,21H2,1H3,(H,37,38). The van der Waals surface area contributed by atoms with Crippen molar-refractivity contribution < 1.29 is 9.90 Å². The highest BCUT2D eigenvalue weighted by atomic mass is 16.4. The highest BCUT2D eigenvalue weighted by Crippen LogP contribution is 2.46. The van der Waals surface area contributed by atoms with Gasteiger partial charge in [0, 0.05) is 73.4 Å². The zero-order chi connectivity index (χ0) is 25.8. The minimum atomic E-state index is -0.850. The Morgan fingerprint density at radius 3 is 2.47 bits per heavy atom. The average molecular weight is 511 g/mol. The Morgan fingerprint density at radius 1 is 0.895 bits per heavy atom. The first-order chi connectivity index (χ1) is 18.6. The third kappa shape index (κ3) is 3.97. The summed E-state index contributed by atoms with van der Waals surface area (Å²) in [6, 6.07) is 15.1. The van der Waals surface area contributed by atoms with Gasteiger partial charge in [-0.15, -0.1) is 0 Å². The quantitative estimate of drug-likeness (QED) is 0.357. The number of para-hydroxylation sites is 1. The van der Waals surface area contributed by atoms with Gasteiger partial charge in [-0.2, -0.15) is 0 Å². The van der Waals surface area contributed by atoms with Gasteiger partial charge in [0.15, 0.2) is 0 Å². The van der Waals surface area contributed by atoms with Crippen LogP contribution in [-0.4, -0.2) is 63.2 Å². The number of carboxylic acid groups (broad SMARTS) is 1. The molecule has 0 radical (unpaired) electrons. The fraction of sp³-hybridized carbons (Fsp3) is 0.469. The van der Waals surface area contributed by atoms with E-state index in [9.17, 15) is 9.90 Å². The lowest BCUT2D eigenvalue weighted by atomic mass is 9.81. The Kier molecular flexibility index (Phi) is 6.05. The number of aromatic nitrogens is 2. The molecule has 1 aliphatic carbocycles. The summed E-state index contributed by atoms with van der Waals surface area (Å²) < 4.78 is 5.08. The molecule has 2 aromatic heterocycles. The first-order valence-electron chi connectivity index (χ1n) is 14.5. The second-order valence-electron chi connectivity index (χ2n) is 11.7. The number of piperazine rings is 1. The minimum absolute atomic E-state index is 0.381. The van der Waals surface area contributed by atoms with Gasteiger partial charge in [0.2, 0.25) is 0 Å². The number of aryl methyl sites for hydroxylation is 2. The van der Waals surface area contributed by atoms with E-state index in [1.807, 2.05) is 12.1 Å². The Hall–Kier alpha value is -3.09. The van der Waals surface area contributed by atoms with Crippen LogP contribution in [0.3, 0.4) is 0 Å². The van der Waals surface area contributed by atoms with Gasteiger partial charge in [0.1, 0.15) is 0 Å². The molecule has 2 aromatic carbocycles. The van der Waals surface area contributed by atoms with E-state index in [1.165, 1.54) is 70.9 Å². The molecule has 1 saturated carbocycles. The van der Waals surface area contributed by atoms with Crippen molar-refractivity contribution in [3.8, 4) is 11.3 Å². The second kappa shape index (κ2) is 9.58. The number of carboxylic acids is 1. The van der Waals surface area contributed by atoms with E-state index in [1.54, 1.807) is 0 Å². The van der Waals surface area contributed by atoms with E-state index in [-0.39, 0.29) is 0 Å². The molecule has 2 fully saturated rings. The molecule has 1 N–H and O–H groups in total. The average Bonchev–Trinajstić information content (AvgIpc) is 3.43. The molecular weight excluding hydrogens is 472 g/mol. The predicted octanol–water partition coefficient (Wildman–Crippen LogP) is 6.16. The van der Waals surface area contributed by atoms with Gasteiger partial charge in [0.05, 0.1) is 16.8 Å². The molecule has 2 aliphatic heterocycles. The third-order valence-electron chi connectivity index (χ3n) is 9.37. The maximum absolute atomic E-state index is 11.9. The number of benzene rings is 2. The van der Waals surface area contributed by atoms with Crippen LogP contribution in [-0.2, 0) is 19.6 Å². The summed E-state index contributed by atoms with van der Waals surface area (Å²) in [5.74, 6) is -0.321. The number of aromatic carboxylic acids is 1. The molecule has 7 rings (SSSR count). The summed E-state index contributed by atoms with van der Waals surface area (Å²) in [5.41, 5.74) is 8.37. The molecule has 4 heterocycles. The smallest absolute Gasteiger partial charge is 0.335 e. The van der Waals surface area contributed by atoms with Crippen LogP contribution >= 0.6 is 0 Å². The van der Waals surface area contributed by atoms with Crippen molar-refractivity contribution in [3.05, 3.63) is 59.3 Å². The molecule has 0 unspecified atom stereocenters. The van der Waals surface area contributed by atoms with E-state index in [0.29, 0.717) is 11.5 Å². The van der Waals surface area contributed by atoms with Crippen molar-refractivity contribution in [2.75, 3.05) is 33.2 Å². The maximum Gasteiger partial charge on any atom is 0.335 e. The molecule has 38 heavy (non-hydrogen) atoms. The van der Waals surface area contributed by atoms with Crippen LogP contribution in [0.4, 0.5) is 0 Å². The Balaban J connectivity index is 1.44. The largest absolute Gasteiger partial charge is 0.478 e. The van der Waals surface area contributed by atoms with Crippen LogP contribution in [0.25, 0.3) is 33.1 Å². The fourth-order valence-electron chi connectivity index (χ4n) is 7.42. The molecular formula is C32H38N4O2. The number of hydrogen-bond donors (Lipinski definition) is 1. The van der Waals surface area contributed by atoms with Crippen LogP contribution in [0.5, 0.6) is 0 Å². The normalized spacial score (nSPS) is 19.5. The van der Waals surface area contributed by atoms with E-state index in [0.717, 1.165) is 57.8 Å². The molecule has 0 spiro atoms. The number of hydrogen-bond acceptors (Lipinski definition) is 3. The Morgan fingerprint density at radius 2 is 1.68 bits per heavy atom. The first kappa shape index (κ1) is 24.0. The van der Waals surface area contributed by atoms with E-state index >= 15 is 0 Å². The van der Waals surface area contributed by atoms with E-state index < -0.39 is 5.97 Å². The van der Waals surface area contributed by atoms with Crippen molar-refractivity contribution in [2.45, 2.75) is 64.1 Å². The molecule has 4 aromatic rings. The molecule has 6 heteroatoms. The van der Waals surface area contributed by atoms with Gasteiger partial charge in [-0.3, -0.25) is 4.90 Å². The second-order valence-corrected chi connectivity index (χ2v) is 11.7. The number of fused-ring (bicyclic) bond motifs is 4. The Bertz CT molecular complexity index is 1520. The van der Waals surface area contributed by atoms with E-state index in [4.69, 9.17) is 0 Å².